The first-order valence-electron chi connectivity index (χ1n) is 7.72. The zero-order valence-electron chi connectivity index (χ0n) is 13.3. The van der Waals surface area contributed by atoms with Crippen LogP contribution in [-0.2, 0) is 4.79 Å². The van der Waals surface area contributed by atoms with E-state index in [-0.39, 0.29) is 18.5 Å². The van der Waals surface area contributed by atoms with E-state index in [0.29, 0.717) is 23.8 Å². The molecular formula is C18H18ClN3O2. The first-order chi connectivity index (χ1) is 11.6. The van der Waals surface area contributed by atoms with E-state index in [2.05, 4.69) is 5.32 Å². The zero-order chi connectivity index (χ0) is 17.1. The summed E-state index contributed by atoms with van der Waals surface area (Å²) in [5.41, 5.74) is 2.32. The van der Waals surface area contributed by atoms with E-state index in [4.69, 9.17) is 11.6 Å². The Morgan fingerprint density at radius 3 is 2.62 bits per heavy atom. The van der Waals surface area contributed by atoms with E-state index in [1.807, 2.05) is 37.3 Å². The van der Waals surface area contributed by atoms with Gasteiger partial charge in [-0.1, -0.05) is 35.9 Å². The molecule has 1 saturated heterocycles. The first-order valence-corrected chi connectivity index (χ1v) is 8.10. The van der Waals surface area contributed by atoms with Crippen LogP contribution in [0.15, 0.2) is 48.5 Å². The lowest BCUT2D eigenvalue weighted by Gasteiger charge is -2.18. The number of nitrogens with one attached hydrogen (secondary N) is 1. The highest BCUT2D eigenvalue weighted by Crippen LogP contribution is 2.23. The molecule has 0 radical (unpaired) electrons. The summed E-state index contributed by atoms with van der Waals surface area (Å²) in [6.07, 6.45) is 0. The van der Waals surface area contributed by atoms with Gasteiger partial charge in [0.15, 0.2) is 0 Å². The van der Waals surface area contributed by atoms with Crippen molar-refractivity contribution in [2.45, 2.75) is 6.92 Å². The first kappa shape index (κ1) is 16.3. The number of hydrogen-bond acceptors (Lipinski definition) is 2. The van der Waals surface area contributed by atoms with E-state index in [1.54, 1.807) is 28.0 Å². The van der Waals surface area contributed by atoms with Crippen LogP contribution in [0.4, 0.5) is 16.2 Å². The fourth-order valence-electron chi connectivity index (χ4n) is 2.68. The predicted octanol–water partition coefficient (Wildman–Crippen LogP) is 3.53. The molecule has 2 aromatic rings. The fraction of sp³-hybridized carbons (Fsp3) is 0.222. The zero-order valence-corrected chi connectivity index (χ0v) is 14.1. The lowest BCUT2D eigenvalue weighted by Crippen LogP contribution is -2.37. The van der Waals surface area contributed by atoms with Crippen molar-refractivity contribution in [3.05, 3.63) is 59.1 Å². The number of rotatable bonds is 4. The number of para-hydroxylation sites is 1. The SMILES string of the molecule is Cc1c(Cl)cccc1NC(=O)CN1CCN(c2ccccc2)C1=O. The molecule has 5 nitrogen and oxygen atoms in total. The van der Waals surface area contributed by atoms with Crippen LogP contribution in [0, 0.1) is 6.92 Å². The second kappa shape index (κ2) is 6.93. The molecule has 1 heterocycles. The molecule has 3 amide bonds. The number of urea groups is 1. The molecule has 0 bridgehead atoms. The van der Waals surface area contributed by atoms with Crippen LogP contribution in [-0.4, -0.2) is 36.5 Å². The van der Waals surface area contributed by atoms with Crippen LogP contribution in [0.2, 0.25) is 5.02 Å². The van der Waals surface area contributed by atoms with Crippen molar-refractivity contribution < 1.29 is 9.59 Å². The monoisotopic (exact) mass is 343 g/mol. The average molecular weight is 344 g/mol. The molecule has 1 aliphatic rings. The Morgan fingerprint density at radius 2 is 1.88 bits per heavy atom. The van der Waals surface area contributed by atoms with E-state index in [0.717, 1.165) is 11.3 Å². The molecule has 24 heavy (non-hydrogen) atoms. The van der Waals surface area contributed by atoms with Gasteiger partial charge in [0.25, 0.3) is 0 Å². The number of anilines is 2. The van der Waals surface area contributed by atoms with Crippen LogP contribution >= 0.6 is 11.6 Å². The second-order valence-corrected chi connectivity index (χ2v) is 6.06. The van der Waals surface area contributed by atoms with Gasteiger partial charge in [0.05, 0.1) is 0 Å². The average Bonchev–Trinajstić information content (AvgIpc) is 2.93. The number of carbonyl (C=O) groups excluding carboxylic acids is 2. The minimum Gasteiger partial charge on any atom is -0.324 e. The molecule has 2 aromatic carbocycles. The maximum Gasteiger partial charge on any atom is 0.325 e. The fourth-order valence-corrected chi connectivity index (χ4v) is 2.86. The summed E-state index contributed by atoms with van der Waals surface area (Å²) in [6.45, 7) is 2.96. The Morgan fingerprint density at radius 1 is 1.12 bits per heavy atom. The van der Waals surface area contributed by atoms with Crippen LogP contribution in [0.1, 0.15) is 5.56 Å². The summed E-state index contributed by atoms with van der Waals surface area (Å²) in [6, 6.07) is 14.6. The standard InChI is InChI=1S/C18H18ClN3O2/c1-13-15(19)8-5-9-16(13)20-17(23)12-21-10-11-22(18(21)24)14-6-3-2-4-7-14/h2-9H,10-12H2,1H3,(H,20,23). The van der Waals surface area contributed by atoms with Gasteiger partial charge in [-0.2, -0.15) is 0 Å². The van der Waals surface area contributed by atoms with Gasteiger partial charge in [-0.05, 0) is 36.8 Å². The normalized spacial score (nSPS) is 14.2. The molecule has 0 aromatic heterocycles. The third-order valence-corrected chi connectivity index (χ3v) is 4.45. The van der Waals surface area contributed by atoms with Gasteiger partial charge >= 0.3 is 6.03 Å². The number of nitrogens with zero attached hydrogens (tertiary/aromatic N) is 2. The number of carbonyl (C=O) groups is 2. The number of amides is 3. The quantitative estimate of drug-likeness (QED) is 0.923. The summed E-state index contributed by atoms with van der Waals surface area (Å²) in [4.78, 5) is 27.9. The predicted molar refractivity (Wildman–Crippen MR) is 95.6 cm³/mol. The molecule has 0 unspecified atom stereocenters. The van der Waals surface area contributed by atoms with Crippen LogP contribution in [0.3, 0.4) is 0 Å². The maximum atomic E-state index is 12.5. The van der Waals surface area contributed by atoms with Crippen molar-refractivity contribution in [2.75, 3.05) is 29.9 Å². The van der Waals surface area contributed by atoms with Gasteiger partial charge in [-0.3, -0.25) is 9.69 Å². The molecule has 3 rings (SSSR count). The Hall–Kier alpha value is -2.53. The molecule has 1 fully saturated rings. The Labute approximate surface area is 145 Å². The third-order valence-electron chi connectivity index (χ3n) is 4.04. The summed E-state index contributed by atoms with van der Waals surface area (Å²) >= 11 is 6.06. The van der Waals surface area contributed by atoms with Crippen LogP contribution < -0.4 is 10.2 Å². The van der Waals surface area contributed by atoms with Crippen molar-refractivity contribution in [1.29, 1.82) is 0 Å². The van der Waals surface area contributed by atoms with Crippen molar-refractivity contribution >= 4 is 34.9 Å². The number of hydrogen-bond donors (Lipinski definition) is 1. The summed E-state index contributed by atoms with van der Waals surface area (Å²) in [7, 11) is 0. The molecule has 0 spiro atoms. The van der Waals surface area contributed by atoms with E-state index in [9.17, 15) is 9.59 Å². The van der Waals surface area contributed by atoms with Gasteiger partial charge in [0.2, 0.25) is 5.91 Å². The van der Waals surface area contributed by atoms with Crippen molar-refractivity contribution in [3.63, 3.8) is 0 Å². The van der Waals surface area contributed by atoms with Gasteiger partial charge in [0.1, 0.15) is 6.54 Å². The van der Waals surface area contributed by atoms with Crippen molar-refractivity contribution in [3.8, 4) is 0 Å². The van der Waals surface area contributed by atoms with Gasteiger partial charge in [0, 0.05) is 29.5 Å². The molecule has 1 aliphatic heterocycles. The number of halogens is 1. The maximum absolute atomic E-state index is 12.5. The summed E-state index contributed by atoms with van der Waals surface area (Å²) in [5, 5.41) is 3.41. The lowest BCUT2D eigenvalue weighted by atomic mass is 10.2. The molecule has 0 atom stereocenters. The smallest absolute Gasteiger partial charge is 0.324 e. The Kier molecular flexibility index (Phi) is 4.71. The highest BCUT2D eigenvalue weighted by Gasteiger charge is 2.30. The van der Waals surface area contributed by atoms with Gasteiger partial charge in [-0.15, -0.1) is 0 Å². The minimum atomic E-state index is -0.233. The van der Waals surface area contributed by atoms with Gasteiger partial charge < -0.3 is 10.2 Å². The van der Waals surface area contributed by atoms with E-state index >= 15 is 0 Å². The van der Waals surface area contributed by atoms with Crippen LogP contribution in [0.5, 0.6) is 0 Å². The van der Waals surface area contributed by atoms with Gasteiger partial charge in [-0.25, -0.2) is 4.79 Å². The van der Waals surface area contributed by atoms with Crippen molar-refractivity contribution in [2.24, 2.45) is 0 Å². The molecule has 1 N–H and O–H groups in total. The molecule has 0 aliphatic carbocycles. The van der Waals surface area contributed by atoms with Crippen molar-refractivity contribution in [1.82, 2.24) is 4.90 Å². The Balaban J connectivity index is 1.63. The largest absolute Gasteiger partial charge is 0.325 e. The minimum absolute atomic E-state index is 0.0219. The van der Waals surface area contributed by atoms with E-state index < -0.39 is 0 Å². The Bertz CT molecular complexity index is 764. The second-order valence-electron chi connectivity index (χ2n) is 5.65. The summed E-state index contributed by atoms with van der Waals surface area (Å²) in [5.74, 6) is -0.233. The third kappa shape index (κ3) is 3.36. The molecule has 124 valence electrons. The summed E-state index contributed by atoms with van der Waals surface area (Å²) < 4.78 is 0. The highest BCUT2D eigenvalue weighted by atomic mass is 35.5. The molecule has 0 saturated carbocycles. The molecule has 6 heteroatoms. The molecular weight excluding hydrogens is 326 g/mol. The van der Waals surface area contributed by atoms with Crippen LogP contribution in [0.25, 0.3) is 0 Å². The topological polar surface area (TPSA) is 52.7 Å². The highest BCUT2D eigenvalue weighted by molar-refractivity contribution is 6.31. The number of benzene rings is 2. The van der Waals surface area contributed by atoms with E-state index in [1.165, 1.54) is 0 Å². The lowest BCUT2D eigenvalue weighted by molar-refractivity contribution is -0.116.